The molecule has 0 radical (unpaired) electrons. The van der Waals surface area contributed by atoms with Crippen molar-refractivity contribution in [2.45, 2.75) is 32.6 Å². The molecule has 17 heavy (non-hydrogen) atoms. The standard InChI is InChI=1S/C12H16O5/c1-3-4-5-6-8-7-9(11(14)17-8)10(13)12(15)16-2/h7,13H,3-6H2,1-2H3. The molecule has 0 saturated heterocycles. The molecule has 5 heteroatoms. The van der Waals surface area contributed by atoms with Crippen LogP contribution < -0.4 is 0 Å². The molecule has 0 aliphatic carbocycles. The summed E-state index contributed by atoms with van der Waals surface area (Å²) in [5, 5.41) is 9.44. The largest absolute Gasteiger partial charge is 0.501 e. The van der Waals surface area contributed by atoms with Crippen molar-refractivity contribution in [3.63, 3.8) is 0 Å². The van der Waals surface area contributed by atoms with Gasteiger partial charge in [0.25, 0.3) is 0 Å². The maximum absolute atomic E-state index is 11.4. The van der Waals surface area contributed by atoms with E-state index < -0.39 is 17.7 Å². The number of methoxy groups -OCH3 is 1. The second kappa shape index (κ2) is 6.08. The first-order valence-electron chi connectivity index (χ1n) is 5.54. The van der Waals surface area contributed by atoms with Gasteiger partial charge in [0.2, 0.25) is 5.76 Å². The number of carbonyl (C=O) groups is 2. The van der Waals surface area contributed by atoms with Gasteiger partial charge >= 0.3 is 11.9 Å². The summed E-state index contributed by atoms with van der Waals surface area (Å²) < 4.78 is 9.26. The topological polar surface area (TPSA) is 72.8 Å². The van der Waals surface area contributed by atoms with E-state index >= 15 is 0 Å². The Labute approximate surface area is 99.7 Å². The molecule has 0 unspecified atom stereocenters. The number of unbranched alkanes of at least 4 members (excludes halogenated alkanes) is 2. The van der Waals surface area contributed by atoms with Crippen LogP contribution in [0, 0.1) is 0 Å². The van der Waals surface area contributed by atoms with E-state index in [9.17, 15) is 14.7 Å². The van der Waals surface area contributed by atoms with Crippen LogP contribution in [0.4, 0.5) is 0 Å². The number of esters is 2. The van der Waals surface area contributed by atoms with Gasteiger partial charge in [-0.05, 0) is 12.5 Å². The lowest BCUT2D eigenvalue weighted by Crippen LogP contribution is -2.10. The maximum Gasteiger partial charge on any atom is 0.374 e. The zero-order valence-electron chi connectivity index (χ0n) is 9.99. The van der Waals surface area contributed by atoms with Gasteiger partial charge in [0.05, 0.1) is 7.11 Å². The van der Waals surface area contributed by atoms with Gasteiger partial charge in [-0.2, -0.15) is 0 Å². The molecule has 94 valence electrons. The van der Waals surface area contributed by atoms with Crippen molar-refractivity contribution in [1.29, 1.82) is 0 Å². The first kappa shape index (κ1) is 13.3. The number of ether oxygens (including phenoxy) is 2. The van der Waals surface area contributed by atoms with E-state index in [1.807, 2.05) is 0 Å². The Bertz CT molecular complexity index is 378. The van der Waals surface area contributed by atoms with Crippen LogP contribution in [0.1, 0.15) is 32.6 Å². The van der Waals surface area contributed by atoms with E-state index in [0.29, 0.717) is 12.2 Å². The quantitative estimate of drug-likeness (QED) is 0.344. The molecule has 1 heterocycles. The van der Waals surface area contributed by atoms with Crippen LogP contribution >= 0.6 is 0 Å². The molecule has 0 fully saturated rings. The lowest BCUT2D eigenvalue weighted by Gasteiger charge is -2.00. The first-order chi connectivity index (χ1) is 8.10. The Balaban J connectivity index is 2.75. The molecule has 1 aliphatic rings. The average Bonchev–Trinajstić information content (AvgIpc) is 2.69. The zero-order chi connectivity index (χ0) is 12.8. The van der Waals surface area contributed by atoms with E-state index in [-0.39, 0.29) is 5.57 Å². The van der Waals surface area contributed by atoms with E-state index in [1.165, 1.54) is 6.08 Å². The summed E-state index contributed by atoms with van der Waals surface area (Å²) in [4.78, 5) is 22.4. The van der Waals surface area contributed by atoms with E-state index in [4.69, 9.17) is 4.74 Å². The molecule has 1 aliphatic heterocycles. The van der Waals surface area contributed by atoms with Crippen molar-refractivity contribution in [2.75, 3.05) is 7.11 Å². The van der Waals surface area contributed by atoms with Gasteiger partial charge in [0.15, 0.2) is 0 Å². The third-order valence-electron chi connectivity index (χ3n) is 2.41. The highest BCUT2D eigenvalue weighted by Crippen LogP contribution is 2.23. The number of carbonyl (C=O) groups excluding carboxylic acids is 2. The van der Waals surface area contributed by atoms with Gasteiger partial charge in [-0.15, -0.1) is 0 Å². The van der Waals surface area contributed by atoms with E-state index in [2.05, 4.69) is 11.7 Å². The lowest BCUT2D eigenvalue weighted by molar-refractivity contribution is -0.140. The summed E-state index contributed by atoms with van der Waals surface area (Å²) in [7, 11) is 1.13. The number of aliphatic hydroxyl groups excluding tert-OH is 1. The molecule has 1 N–H and O–H groups in total. The van der Waals surface area contributed by atoms with E-state index in [0.717, 1.165) is 26.4 Å². The minimum absolute atomic E-state index is 0.136. The maximum atomic E-state index is 11.4. The summed E-state index contributed by atoms with van der Waals surface area (Å²) in [5.41, 5.74) is -0.136. The number of hydrogen-bond donors (Lipinski definition) is 1. The highest BCUT2D eigenvalue weighted by molar-refractivity contribution is 6.02. The highest BCUT2D eigenvalue weighted by Gasteiger charge is 2.27. The molecule has 0 bridgehead atoms. The summed E-state index contributed by atoms with van der Waals surface area (Å²) in [5.74, 6) is -1.88. The number of hydrogen-bond acceptors (Lipinski definition) is 5. The molecule has 0 atom stereocenters. The van der Waals surface area contributed by atoms with Crippen LogP contribution in [0.25, 0.3) is 0 Å². The molecule has 0 aromatic carbocycles. The molecule has 5 nitrogen and oxygen atoms in total. The fourth-order valence-electron chi connectivity index (χ4n) is 1.47. The Morgan fingerprint density at radius 2 is 2.18 bits per heavy atom. The number of aliphatic hydroxyl groups is 1. The minimum Gasteiger partial charge on any atom is -0.501 e. The SMILES string of the molecule is CCCCCC1=CC(=C(O)C(=O)OC)C(=O)O1. The van der Waals surface area contributed by atoms with Crippen LogP contribution in [0.2, 0.25) is 0 Å². The third kappa shape index (κ3) is 3.34. The van der Waals surface area contributed by atoms with Crippen molar-refractivity contribution >= 4 is 11.9 Å². The monoisotopic (exact) mass is 240 g/mol. The summed E-state index contributed by atoms with van der Waals surface area (Å²) in [6.45, 7) is 2.07. The normalized spacial score (nSPS) is 17.5. The second-order valence-corrected chi connectivity index (χ2v) is 3.71. The molecule has 0 amide bonds. The molecule has 0 saturated carbocycles. The van der Waals surface area contributed by atoms with Crippen LogP contribution in [-0.2, 0) is 19.1 Å². The predicted octanol–water partition coefficient (Wildman–Crippen LogP) is 1.99. The second-order valence-electron chi connectivity index (χ2n) is 3.71. The number of cyclic esters (lactones) is 1. The van der Waals surface area contributed by atoms with Gasteiger partial charge in [-0.1, -0.05) is 19.8 Å². The predicted molar refractivity (Wildman–Crippen MR) is 60.0 cm³/mol. The Hall–Kier alpha value is -1.78. The molecule has 0 aromatic rings. The Morgan fingerprint density at radius 1 is 1.47 bits per heavy atom. The molecule has 1 rings (SSSR count). The zero-order valence-corrected chi connectivity index (χ0v) is 9.99. The van der Waals surface area contributed by atoms with Crippen LogP contribution in [0.5, 0.6) is 0 Å². The summed E-state index contributed by atoms with van der Waals surface area (Å²) in [6.07, 6.45) is 5.03. The van der Waals surface area contributed by atoms with Gasteiger partial charge in [0, 0.05) is 6.42 Å². The van der Waals surface area contributed by atoms with Crippen LogP contribution in [0.3, 0.4) is 0 Å². The van der Waals surface area contributed by atoms with Gasteiger partial charge < -0.3 is 14.6 Å². The summed E-state index contributed by atoms with van der Waals surface area (Å²) >= 11 is 0. The van der Waals surface area contributed by atoms with Gasteiger partial charge in [0.1, 0.15) is 11.3 Å². The van der Waals surface area contributed by atoms with Crippen molar-refractivity contribution in [2.24, 2.45) is 0 Å². The first-order valence-corrected chi connectivity index (χ1v) is 5.54. The van der Waals surface area contributed by atoms with Crippen molar-refractivity contribution in [3.8, 4) is 0 Å². The van der Waals surface area contributed by atoms with Crippen molar-refractivity contribution < 1.29 is 24.2 Å². The smallest absolute Gasteiger partial charge is 0.374 e. The third-order valence-corrected chi connectivity index (χ3v) is 2.41. The molecule has 0 aromatic heterocycles. The fourth-order valence-corrected chi connectivity index (χ4v) is 1.47. The summed E-state index contributed by atoms with van der Waals surface area (Å²) in [6, 6.07) is 0. The van der Waals surface area contributed by atoms with Crippen LogP contribution in [0.15, 0.2) is 23.2 Å². The average molecular weight is 240 g/mol. The molecular formula is C12H16O5. The number of allylic oxidation sites excluding steroid dienone is 1. The molecular weight excluding hydrogens is 224 g/mol. The van der Waals surface area contributed by atoms with Crippen molar-refractivity contribution in [1.82, 2.24) is 0 Å². The van der Waals surface area contributed by atoms with Gasteiger partial charge in [-0.3, -0.25) is 0 Å². The highest BCUT2D eigenvalue weighted by atomic mass is 16.5. The lowest BCUT2D eigenvalue weighted by atomic mass is 10.1. The minimum atomic E-state index is -0.942. The van der Waals surface area contributed by atoms with Crippen molar-refractivity contribution in [3.05, 3.63) is 23.2 Å². The van der Waals surface area contributed by atoms with E-state index in [1.54, 1.807) is 0 Å². The Kier molecular flexibility index (Phi) is 4.75. The number of rotatable bonds is 5. The molecule has 0 spiro atoms. The fraction of sp³-hybridized carbons (Fsp3) is 0.500. The van der Waals surface area contributed by atoms with Gasteiger partial charge in [-0.25, -0.2) is 9.59 Å². The Morgan fingerprint density at radius 3 is 2.76 bits per heavy atom. The van der Waals surface area contributed by atoms with Crippen LogP contribution in [-0.4, -0.2) is 24.2 Å².